The van der Waals surface area contributed by atoms with E-state index in [1.165, 1.54) is 14.2 Å². The smallest absolute Gasteiger partial charge is 0.173 e. The Balaban J connectivity index is 3.47. The van der Waals surface area contributed by atoms with Gasteiger partial charge < -0.3 is 15.2 Å². The van der Waals surface area contributed by atoms with Crippen LogP contribution in [0.1, 0.15) is 15.9 Å². The van der Waals surface area contributed by atoms with Crippen LogP contribution in [0.15, 0.2) is 12.1 Å². The lowest BCUT2D eigenvalue weighted by atomic mass is 10.1. The van der Waals surface area contributed by atoms with Gasteiger partial charge in [0, 0.05) is 12.1 Å². The van der Waals surface area contributed by atoms with Crippen molar-refractivity contribution >= 4 is 24.0 Å². The molecule has 0 aromatic heterocycles. The summed E-state index contributed by atoms with van der Waals surface area (Å²) in [6.45, 7) is 0.401. The van der Waals surface area contributed by atoms with Crippen molar-refractivity contribution < 1.29 is 14.3 Å². The molecule has 0 saturated heterocycles. The van der Waals surface area contributed by atoms with Crippen LogP contribution < -0.4 is 15.2 Å². The Kier molecular flexibility index (Phi) is 5.00. The Bertz CT molecular complexity index is 444. The molecule has 1 rings (SSSR count). The van der Waals surface area contributed by atoms with Crippen LogP contribution in [0.3, 0.4) is 0 Å². The summed E-state index contributed by atoms with van der Waals surface area (Å²) in [6, 6.07) is 1.64. The first-order valence-electron chi connectivity index (χ1n) is 4.95. The van der Waals surface area contributed by atoms with E-state index in [0.717, 1.165) is 0 Å². The number of halogens is 1. The summed E-state index contributed by atoms with van der Waals surface area (Å²) >= 11 is 5.99. The molecule has 0 aliphatic carbocycles. The minimum atomic E-state index is 0.274. The lowest BCUT2D eigenvalue weighted by molar-refractivity contribution is 0.112. The number of ether oxygens (including phenoxy) is 2. The fourth-order valence-corrected chi connectivity index (χ4v) is 1.73. The molecular formula is C12H14ClNO3. The van der Waals surface area contributed by atoms with Gasteiger partial charge in [-0.05, 0) is 6.07 Å². The Morgan fingerprint density at radius 3 is 2.47 bits per heavy atom. The Hall–Kier alpha value is -1.52. The summed E-state index contributed by atoms with van der Waals surface area (Å²) in [4.78, 5) is 10.9. The van der Waals surface area contributed by atoms with Crippen LogP contribution >= 0.6 is 11.6 Å². The number of carbonyl (C=O) groups is 1. The molecule has 0 saturated carbocycles. The van der Waals surface area contributed by atoms with E-state index >= 15 is 0 Å². The number of benzene rings is 1. The number of carbonyl (C=O) groups excluding carboxylic acids is 1. The molecule has 0 spiro atoms. The SMILES string of the molecule is COc1c(/C=C/CN)cc(Cl)c(C=O)c1OC. The standard InChI is InChI=1S/C12H14ClNO3/c1-16-11-8(4-3-5-14)6-10(13)9(7-15)12(11)17-2/h3-4,6-7H,5,14H2,1-2H3/b4-3+. The zero-order chi connectivity index (χ0) is 12.8. The highest BCUT2D eigenvalue weighted by Gasteiger charge is 2.17. The highest BCUT2D eigenvalue weighted by Crippen LogP contribution is 2.38. The van der Waals surface area contributed by atoms with Crippen molar-refractivity contribution in [3.05, 3.63) is 28.3 Å². The van der Waals surface area contributed by atoms with Crippen LogP contribution in [0, 0.1) is 0 Å². The molecule has 17 heavy (non-hydrogen) atoms. The maximum absolute atomic E-state index is 10.9. The molecule has 0 unspecified atom stereocenters. The van der Waals surface area contributed by atoms with Gasteiger partial charge in [0.05, 0.1) is 24.8 Å². The third kappa shape index (κ3) is 2.78. The molecule has 0 amide bonds. The van der Waals surface area contributed by atoms with Gasteiger partial charge in [0.2, 0.25) is 0 Å². The molecule has 0 fully saturated rings. The molecule has 0 radical (unpaired) electrons. The third-order valence-electron chi connectivity index (χ3n) is 2.21. The quantitative estimate of drug-likeness (QED) is 0.819. The molecule has 0 bridgehead atoms. The van der Waals surface area contributed by atoms with Crippen molar-refractivity contribution in [3.8, 4) is 11.5 Å². The largest absolute Gasteiger partial charge is 0.492 e. The van der Waals surface area contributed by atoms with Crippen molar-refractivity contribution in [1.82, 2.24) is 0 Å². The van der Waals surface area contributed by atoms with Crippen LogP contribution in [0.25, 0.3) is 6.08 Å². The zero-order valence-electron chi connectivity index (χ0n) is 9.70. The first-order valence-corrected chi connectivity index (χ1v) is 5.33. The molecular weight excluding hydrogens is 242 g/mol. The van der Waals surface area contributed by atoms with E-state index in [-0.39, 0.29) is 5.56 Å². The number of hydrogen-bond donors (Lipinski definition) is 1. The fraction of sp³-hybridized carbons (Fsp3) is 0.250. The number of aldehydes is 1. The van der Waals surface area contributed by atoms with Crippen LogP contribution in [0.5, 0.6) is 11.5 Å². The van der Waals surface area contributed by atoms with Gasteiger partial charge in [-0.15, -0.1) is 0 Å². The van der Waals surface area contributed by atoms with Crippen molar-refractivity contribution in [2.75, 3.05) is 20.8 Å². The van der Waals surface area contributed by atoms with Crippen LogP contribution in [0.2, 0.25) is 5.02 Å². The van der Waals surface area contributed by atoms with E-state index in [0.29, 0.717) is 34.9 Å². The Morgan fingerprint density at radius 1 is 1.35 bits per heavy atom. The molecule has 0 heterocycles. The van der Waals surface area contributed by atoms with Gasteiger partial charge in [-0.25, -0.2) is 0 Å². The second kappa shape index (κ2) is 6.27. The molecule has 1 aromatic rings. The highest BCUT2D eigenvalue weighted by molar-refractivity contribution is 6.33. The predicted octanol–water partition coefficient (Wildman–Crippen LogP) is 2.14. The average molecular weight is 256 g/mol. The zero-order valence-corrected chi connectivity index (χ0v) is 10.5. The monoisotopic (exact) mass is 255 g/mol. The van der Waals surface area contributed by atoms with Gasteiger partial charge in [0.15, 0.2) is 17.8 Å². The topological polar surface area (TPSA) is 61.5 Å². The summed E-state index contributed by atoms with van der Waals surface area (Å²) in [5.41, 5.74) is 6.37. The van der Waals surface area contributed by atoms with Gasteiger partial charge >= 0.3 is 0 Å². The summed E-state index contributed by atoms with van der Waals surface area (Å²) in [5.74, 6) is 0.787. The van der Waals surface area contributed by atoms with E-state index in [1.54, 1.807) is 18.2 Å². The minimum Gasteiger partial charge on any atom is -0.492 e. The van der Waals surface area contributed by atoms with E-state index in [9.17, 15) is 4.79 Å². The first kappa shape index (κ1) is 13.5. The van der Waals surface area contributed by atoms with Crippen molar-refractivity contribution in [2.45, 2.75) is 0 Å². The molecule has 1 aromatic carbocycles. The normalized spacial score (nSPS) is 10.6. The first-order chi connectivity index (χ1) is 8.19. The van der Waals surface area contributed by atoms with Crippen molar-refractivity contribution in [1.29, 1.82) is 0 Å². The van der Waals surface area contributed by atoms with Gasteiger partial charge in [-0.1, -0.05) is 23.8 Å². The van der Waals surface area contributed by atoms with Crippen LogP contribution in [-0.4, -0.2) is 27.1 Å². The molecule has 0 atom stereocenters. The second-order valence-electron chi connectivity index (χ2n) is 3.18. The Morgan fingerprint density at radius 2 is 2.00 bits per heavy atom. The summed E-state index contributed by atoms with van der Waals surface area (Å²) < 4.78 is 10.4. The van der Waals surface area contributed by atoms with Gasteiger partial charge in [0.1, 0.15) is 0 Å². The van der Waals surface area contributed by atoms with Crippen LogP contribution in [0.4, 0.5) is 0 Å². The number of methoxy groups -OCH3 is 2. The van der Waals surface area contributed by atoms with Gasteiger partial charge in [-0.2, -0.15) is 0 Å². The molecule has 4 nitrogen and oxygen atoms in total. The number of rotatable bonds is 5. The minimum absolute atomic E-state index is 0.274. The van der Waals surface area contributed by atoms with E-state index in [4.69, 9.17) is 26.8 Å². The molecule has 0 aliphatic heterocycles. The third-order valence-corrected chi connectivity index (χ3v) is 2.52. The van der Waals surface area contributed by atoms with E-state index in [1.807, 2.05) is 0 Å². The van der Waals surface area contributed by atoms with Crippen LogP contribution in [-0.2, 0) is 0 Å². The van der Waals surface area contributed by atoms with Gasteiger partial charge in [0.25, 0.3) is 0 Å². The number of hydrogen-bond acceptors (Lipinski definition) is 4. The molecule has 92 valence electrons. The maximum Gasteiger partial charge on any atom is 0.173 e. The van der Waals surface area contributed by atoms with Crippen molar-refractivity contribution in [2.24, 2.45) is 5.73 Å². The lowest BCUT2D eigenvalue weighted by Gasteiger charge is -2.13. The summed E-state index contributed by atoms with van der Waals surface area (Å²) in [7, 11) is 2.96. The summed E-state index contributed by atoms with van der Waals surface area (Å²) in [6.07, 6.45) is 4.16. The van der Waals surface area contributed by atoms with Crippen molar-refractivity contribution in [3.63, 3.8) is 0 Å². The average Bonchev–Trinajstić information content (AvgIpc) is 2.35. The Labute approximate surface area is 105 Å². The van der Waals surface area contributed by atoms with E-state index < -0.39 is 0 Å². The summed E-state index contributed by atoms with van der Waals surface area (Å²) in [5, 5.41) is 0.314. The predicted molar refractivity (Wildman–Crippen MR) is 68.0 cm³/mol. The molecule has 5 heteroatoms. The highest BCUT2D eigenvalue weighted by atomic mass is 35.5. The van der Waals surface area contributed by atoms with E-state index in [2.05, 4.69) is 0 Å². The maximum atomic E-state index is 10.9. The van der Waals surface area contributed by atoms with Gasteiger partial charge in [-0.3, -0.25) is 4.79 Å². The molecule has 0 aliphatic rings. The fourth-order valence-electron chi connectivity index (χ4n) is 1.48. The molecule has 2 N–H and O–H groups in total. The second-order valence-corrected chi connectivity index (χ2v) is 3.59. The lowest BCUT2D eigenvalue weighted by Crippen LogP contribution is -1.99. The number of nitrogens with two attached hydrogens (primary N) is 1.